The maximum Gasteiger partial charge on any atom is 0.435 e. The van der Waals surface area contributed by atoms with Crippen molar-refractivity contribution in [2.24, 2.45) is 5.92 Å². The molecule has 1 N–H and O–H groups in total. The summed E-state index contributed by atoms with van der Waals surface area (Å²) in [4.78, 5) is 21.2. The molecule has 4 aromatic rings. The Balaban J connectivity index is 1.66. The lowest BCUT2D eigenvalue weighted by molar-refractivity contribution is -0.139. The van der Waals surface area contributed by atoms with E-state index < -0.39 is 18.0 Å². The Morgan fingerprint density at radius 3 is 2.44 bits per heavy atom. The van der Waals surface area contributed by atoms with Crippen LogP contribution in [0.15, 0.2) is 42.5 Å². The van der Waals surface area contributed by atoms with Gasteiger partial charge < -0.3 is 14.6 Å². The number of rotatable bonds is 4. The van der Waals surface area contributed by atoms with Gasteiger partial charge in [-0.1, -0.05) is 23.8 Å². The number of piperidine rings is 1. The van der Waals surface area contributed by atoms with Crippen LogP contribution in [0, 0.1) is 16.4 Å². The third-order valence-corrected chi connectivity index (χ3v) is 7.57. The van der Waals surface area contributed by atoms with Gasteiger partial charge in [-0.25, -0.2) is 14.8 Å². The number of aryl methyl sites for hydroxylation is 2. The van der Waals surface area contributed by atoms with Crippen LogP contribution in [0.4, 0.5) is 18.0 Å². The molecule has 1 aliphatic rings. The molecule has 6 nitrogen and oxygen atoms in total. The van der Waals surface area contributed by atoms with Crippen LogP contribution in [-0.4, -0.2) is 43.7 Å². The standard InChI is InChI=1S/C26H24F3IN4O2/c1-15-2-7-20-19(14-15)22-21(23(31-20)26(27,28)29)32-24(17-3-5-18(30)6-4-17)34(22)13-10-16-8-11-33(12-9-16)25(35)36/h2-7,14,16H,8-13H2,1H3,(H,35,36). The molecule has 0 saturated carbocycles. The second-order valence-electron chi connectivity index (χ2n) is 9.27. The summed E-state index contributed by atoms with van der Waals surface area (Å²) in [6.07, 6.45) is -3.39. The summed E-state index contributed by atoms with van der Waals surface area (Å²) in [5, 5.41) is 9.88. The number of hydrogen-bond acceptors (Lipinski definition) is 3. The molecule has 5 rings (SSSR count). The highest BCUT2D eigenvalue weighted by Gasteiger charge is 2.37. The number of nitrogens with zero attached hydrogens (tertiary/aromatic N) is 4. The Morgan fingerprint density at radius 2 is 1.81 bits per heavy atom. The largest absolute Gasteiger partial charge is 0.465 e. The highest BCUT2D eigenvalue weighted by atomic mass is 127. The number of carbonyl (C=O) groups is 1. The lowest BCUT2D eigenvalue weighted by atomic mass is 9.93. The lowest BCUT2D eigenvalue weighted by Crippen LogP contribution is -2.37. The summed E-state index contributed by atoms with van der Waals surface area (Å²) in [6, 6.07) is 12.8. The molecule has 188 valence electrons. The summed E-state index contributed by atoms with van der Waals surface area (Å²) < 4.78 is 45.3. The highest BCUT2D eigenvalue weighted by Crippen LogP contribution is 2.39. The third-order valence-electron chi connectivity index (χ3n) is 6.85. The van der Waals surface area contributed by atoms with Crippen molar-refractivity contribution in [1.82, 2.24) is 19.4 Å². The van der Waals surface area contributed by atoms with Crippen LogP contribution in [0.25, 0.3) is 33.3 Å². The van der Waals surface area contributed by atoms with Crippen molar-refractivity contribution in [3.8, 4) is 11.4 Å². The number of imidazole rings is 1. The molecule has 10 heteroatoms. The molecule has 2 aromatic carbocycles. The summed E-state index contributed by atoms with van der Waals surface area (Å²) in [5.41, 5.74) is 1.26. The van der Waals surface area contributed by atoms with Crippen molar-refractivity contribution in [3.05, 3.63) is 57.3 Å². The number of likely N-dealkylation sites (tertiary alicyclic amines) is 1. The topological polar surface area (TPSA) is 71.2 Å². The first-order valence-electron chi connectivity index (χ1n) is 11.7. The average molecular weight is 608 g/mol. The summed E-state index contributed by atoms with van der Waals surface area (Å²) in [5.74, 6) is 0.755. The van der Waals surface area contributed by atoms with E-state index in [4.69, 9.17) is 0 Å². The molecule has 36 heavy (non-hydrogen) atoms. The van der Waals surface area contributed by atoms with E-state index in [0.717, 1.165) is 27.5 Å². The monoisotopic (exact) mass is 608 g/mol. The molecule has 1 amide bonds. The zero-order chi connectivity index (χ0) is 25.6. The maximum absolute atomic E-state index is 14.1. The molecule has 0 atom stereocenters. The van der Waals surface area contributed by atoms with Crippen molar-refractivity contribution in [1.29, 1.82) is 0 Å². The number of aromatic nitrogens is 3. The van der Waals surface area contributed by atoms with Gasteiger partial charge in [0.25, 0.3) is 0 Å². The summed E-state index contributed by atoms with van der Waals surface area (Å²) in [7, 11) is 0. The predicted molar refractivity (Wildman–Crippen MR) is 140 cm³/mol. The van der Waals surface area contributed by atoms with E-state index in [1.807, 2.05) is 41.8 Å². The van der Waals surface area contributed by atoms with Gasteiger partial charge in [-0.15, -0.1) is 0 Å². The number of halogens is 4. The second-order valence-corrected chi connectivity index (χ2v) is 10.5. The van der Waals surface area contributed by atoms with Crippen LogP contribution in [0.3, 0.4) is 0 Å². The van der Waals surface area contributed by atoms with E-state index in [1.165, 1.54) is 4.90 Å². The predicted octanol–water partition coefficient (Wildman–Crippen LogP) is 6.96. The molecule has 1 aliphatic heterocycles. The third kappa shape index (κ3) is 4.74. The Morgan fingerprint density at radius 1 is 1.11 bits per heavy atom. The second kappa shape index (κ2) is 9.53. The van der Waals surface area contributed by atoms with Crippen molar-refractivity contribution < 1.29 is 23.1 Å². The van der Waals surface area contributed by atoms with Crippen molar-refractivity contribution in [2.75, 3.05) is 13.1 Å². The minimum absolute atomic E-state index is 0.144. The Bertz CT molecular complexity index is 1440. The van der Waals surface area contributed by atoms with Gasteiger partial charge in [0.1, 0.15) is 11.3 Å². The Hall–Kier alpha value is -2.89. The highest BCUT2D eigenvalue weighted by molar-refractivity contribution is 14.1. The molecule has 1 fully saturated rings. The molecular formula is C26H24F3IN4O2. The molecule has 0 aliphatic carbocycles. The maximum atomic E-state index is 14.1. The van der Waals surface area contributed by atoms with Gasteiger partial charge in [0.2, 0.25) is 0 Å². The fraction of sp³-hybridized carbons (Fsp3) is 0.346. The van der Waals surface area contributed by atoms with Crippen LogP contribution >= 0.6 is 22.6 Å². The van der Waals surface area contributed by atoms with Crippen LogP contribution in [0.1, 0.15) is 30.5 Å². The Labute approximate surface area is 219 Å². The van der Waals surface area contributed by atoms with Gasteiger partial charge in [-0.05, 0) is 79.0 Å². The van der Waals surface area contributed by atoms with Crippen molar-refractivity contribution in [2.45, 2.75) is 38.9 Å². The minimum Gasteiger partial charge on any atom is -0.465 e. The zero-order valence-corrected chi connectivity index (χ0v) is 21.7. The number of pyridine rings is 1. The van der Waals surface area contributed by atoms with Gasteiger partial charge in [0.15, 0.2) is 5.69 Å². The van der Waals surface area contributed by atoms with Gasteiger partial charge >= 0.3 is 12.3 Å². The van der Waals surface area contributed by atoms with E-state index in [-0.39, 0.29) is 17.0 Å². The first-order chi connectivity index (χ1) is 17.1. The van der Waals surface area contributed by atoms with Gasteiger partial charge in [0, 0.05) is 34.2 Å². The van der Waals surface area contributed by atoms with Gasteiger partial charge in [-0.3, -0.25) is 0 Å². The average Bonchev–Trinajstić information content (AvgIpc) is 3.22. The van der Waals surface area contributed by atoms with E-state index in [1.54, 1.807) is 12.1 Å². The van der Waals surface area contributed by atoms with E-state index in [9.17, 15) is 23.1 Å². The van der Waals surface area contributed by atoms with Crippen molar-refractivity contribution in [3.63, 3.8) is 0 Å². The van der Waals surface area contributed by atoms with E-state index >= 15 is 0 Å². The van der Waals surface area contributed by atoms with E-state index in [2.05, 4.69) is 32.6 Å². The van der Waals surface area contributed by atoms with Crippen molar-refractivity contribution >= 4 is 50.6 Å². The number of carboxylic acid groups (broad SMARTS) is 1. The van der Waals surface area contributed by atoms with Crippen LogP contribution in [0.5, 0.6) is 0 Å². The number of benzene rings is 2. The molecule has 2 aromatic heterocycles. The van der Waals surface area contributed by atoms with Gasteiger partial charge in [-0.2, -0.15) is 13.2 Å². The van der Waals surface area contributed by atoms with E-state index in [0.29, 0.717) is 42.8 Å². The quantitative estimate of drug-likeness (QED) is 0.254. The van der Waals surface area contributed by atoms with Gasteiger partial charge in [0.05, 0.1) is 11.0 Å². The fourth-order valence-corrected chi connectivity index (χ4v) is 5.32. The molecule has 0 spiro atoms. The van der Waals surface area contributed by atoms with Crippen LogP contribution < -0.4 is 0 Å². The van der Waals surface area contributed by atoms with Crippen LogP contribution in [-0.2, 0) is 12.7 Å². The summed E-state index contributed by atoms with van der Waals surface area (Å²) >= 11 is 2.19. The first-order valence-corrected chi connectivity index (χ1v) is 12.8. The zero-order valence-electron chi connectivity index (χ0n) is 19.5. The minimum atomic E-state index is -4.65. The smallest absolute Gasteiger partial charge is 0.435 e. The molecular weight excluding hydrogens is 584 g/mol. The SMILES string of the molecule is Cc1ccc2nc(C(F)(F)F)c3nc(-c4ccc(I)cc4)n(CCC4CCN(C(=O)O)CC4)c3c2c1. The number of fused-ring (bicyclic) bond motifs is 3. The normalized spacial score (nSPS) is 15.2. The molecule has 3 heterocycles. The lowest BCUT2D eigenvalue weighted by Gasteiger charge is -2.30. The molecule has 0 radical (unpaired) electrons. The number of alkyl halides is 3. The van der Waals surface area contributed by atoms with Crippen LogP contribution in [0.2, 0.25) is 0 Å². The molecule has 1 saturated heterocycles. The number of amides is 1. The summed E-state index contributed by atoms with van der Waals surface area (Å²) in [6.45, 7) is 3.32. The fourth-order valence-electron chi connectivity index (χ4n) is 4.96. The molecule has 0 bridgehead atoms. The number of hydrogen-bond donors (Lipinski definition) is 1. The Kier molecular flexibility index (Phi) is 6.56. The first kappa shape index (κ1) is 24.8. The molecule has 0 unspecified atom stereocenters.